The van der Waals surface area contributed by atoms with Crippen molar-refractivity contribution in [1.82, 2.24) is 9.80 Å². The fraction of sp³-hybridized carbons (Fsp3) is 0.524. The second-order valence-corrected chi connectivity index (χ2v) is 6.71. The number of aliphatic hydroxyl groups is 1. The Kier molecular flexibility index (Phi) is 7.45. The molecule has 7 nitrogen and oxygen atoms in total. The minimum absolute atomic E-state index is 0.108. The highest BCUT2D eigenvalue weighted by atomic mass is 16.5. The maximum Gasteiger partial charge on any atom is 0.290 e. The number of aliphatic hydroxyl groups excluding tert-OH is 1. The molecule has 1 aromatic carbocycles. The number of ether oxygens (including phenoxy) is 2. The number of methoxy groups -OCH3 is 2. The first kappa shape index (κ1) is 21.8. The van der Waals surface area contributed by atoms with Crippen molar-refractivity contribution in [2.75, 3.05) is 40.4 Å². The molecule has 0 saturated heterocycles. The van der Waals surface area contributed by atoms with E-state index < -0.39 is 17.7 Å². The van der Waals surface area contributed by atoms with E-state index in [1.54, 1.807) is 30.2 Å². The second-order valence-electron chi connectivity index (χ2n) is 6.71. The van der Waals surface area contributed by atoms with Gasteiger partial charge in [0.2, 0.25) is 0 Å². The van der Waals surface area contributed by atoms with Gasteiger partial charge in [-0.25, -0.2) is 0 Å². The van der Waals surface area contributed by atoms with Gasteiger partial charge in [-0.15, -0.1) is 0 Å². The summed E-state index contributed by atoms with van der Waals surface area (Å²) < 4.78 is 10.7. The van der Waals surface area contributed by atoms with E-state index in [1.165, 1.54) is 14.0 Å². The van der Waals surface area contributed by atoms with E-state index in [0.29, 0.717) is 23.6 Å². The Labute approximate surface area is 166 Å². The first-order valence-corrected chi connectivity index (χ1v) is 9.58. The molecule has 154 valence electrons. The molecule has 0 spiro atoms. The number of nitrogens with zero attached hydrogens (tertiary/aromatic N) is 2. The van der Waals surface area contributed by atoms with Crippen molar-refractivity contribution in [3.63, 3.8) is 0 Å². The summed E-state index contributed by atoms with van der Waals surface area (Å²) in [6.07, 6.45) is 0.737. The largest absolute Gasteiger partial charge is 0.503 e. The lowest BCUT2D eigenvalue weighted by atomic mass is 9.95. The Morgan fingerprint density at radius 3 is 2.43 bits per heavy atom. The minimum Gasteiger partial charge on any atom is -0.503 e. The molecule has 1 heterocycles. The summed E-state index contributed by atoms with van der Waals surface area (Å²) in [5.74, 6) is -0.222. The standard InChI is InChI=1S/C21H30N2O5/c1-6-22(7-2)11-8-12-23-19(18(14(3)24)20(25)21(23)26)16-10-9-15(27-4)13-17(16)28-5/h9-10,13,19,25H,6-8,11-12H2,1-5H3/t19-/m0/s1. The predicted octanol–water partition coefficient (Wildman–Crippen LogP) is 2.72. The molecule has 1 atom stereocenters. The molecule has 1 aliphatic heterocycles. The fourth-order valence-corrected chi connectivity index (χ4v) is 3.62. The third-order valence-electron chi connectivity index (χ3n) is 5.19. The second kappa shape index (κ2) is 9.59. The molecule has 0 saturated carbocycles. The highest BCUT2D eigenvalue weighted by Crippen LogP contribution is 2.42. The molecule has 2 rings (SSSR count). The number of carbonyl (C=O) groups is 2. The maximum absolute atomic E-state index is 12.7. The van der Waals surface area contributed by atoms with Crippen molar-refractivity contribution < 1.29 is 24.2 Å². The van der Waals surface area contributed by atoms with Crippen LogP contribution in [0.4, 0.5) is 0 Å². The van der Waals surface area contributed by atoms with E-state index in [9.17, 15) is 14.7 Å². The number of hydrogen-bond acceptors (Lipinski definition) is 6. The summed E-state index contributed by atoms with van der Waals surface area (Å²) in [5, 5.41) is 10.4. The van der Waals surface area contributed by atoms with Crippen LogP contribution >= 0.6 is 0 Å². The number of amides is 1. The predicted molar refractivity (Wildman–Crippen MR) is 107 cm³/mol. The Morgan fingerprint density at radius 2 is 1.89 bits per heavy atom. The average molecular weight is 390 g/mol. The van der Waals surface area contributed by atoms with Gasteiger partial charge in [0.1, 0.15) is 11.5 Å². The van der Waals surface area contributed by atoms with Gasteiger partial charge in [-0.2, -0.15) is 0 Å². The number of ketones is 1. The summed E-state index contributed by atoms with van der Waals surface area (Å²) in [6.45, 7) is 8.68. The van der Waals surface area contributed by atoms with E-state index in [0.717, 1.165) is 26.1 Å². The van der Waals surface area contributed by atoms with E-state index >= 15 is 0 Å². The van der Waals surface area contributed by atoms with Gasteiger partial charge in [-0.3, -0.25) is 9.59 Å². The van der Waals surface area contributed by atoms with Gasteiger partial charge < -0.3 is 24.4 Å². The molecule has 1 aromatic rings. The van der Waals surface area contributed by atoms with Crippen molar-refractivity contribution >= 4 is 11.7 Å². The maximum atomic E-state index is 12.7. The molecule has 0 unspecified atom stereocenters. The monoisotopic (exact) mass is 390 g/mol. The van der Waals surface area contributed by atoms with Gasteiger partial charge in [0.05, 0.1) is 25.8 Å². The summed E-state index contributed by atoms with van der Waals surface area (Å²) in [5.41, 5.74) is 0.755. The summed E-state index contributed by atoms with van der Waals surface area (Å²) in [4.78, 5) is 28.8. The lowest BCUT2D eigenvalue weighted by Crippen LogP contribution is -2.34. The average Bonchev–Trinajstić information content (AvgIpc) is 2.95. The van der Waals surface area contributed by atoms with Crippen LogP contribution in [0.3, 0.4) is 0 Å². The molecule has 0 fully saturated rings. The number of hydrogen-bond donors (Lipinski definition) is 1. The Morgan fingerprint density at radius 1 is 1.21 bits per heavy atom. The fourth-order valence-electron chi connectivity index (χ4n) is 3.62. The number of Topliss-reactive ketones (excluding diaryl/α,β-unsaturated/α-hetero) is 1. The molecule has 28 heavy (non-hydrogen) atoms. The quantitative estimate of drug-likeness (QED) is 0.662. The summed E-state index contributed by atoms with van der Waals surface area (Å²) in [6, 6.07) is 4.56. The first-order valence-electron chi connectivity index (χ1n) is 9.58. The highest BCUT2D eigenvalue weighted by molar-refractivity contribution is 6.08. The third kappa shape index (κ3) is 4.30. The van der Waals surface area contributed by atoms with Crippen LogP contribution in [0.2, 0.25) is 0 Å². The van der Waals surface area contributed by atoms with Crippen molar-refractivity contribution in [2.24, 2.45) is 0 Å². The van der Waals surface area contributed by atoms with E-state index in [1.807, 2.05) is 0 Å². The molecule has 0 aliphatic carbocycles. The smallest absolute Gasteiger partial charge is 0.290 e. The molecule has 7 heteroatoms. The van der Waals surface area contributed by atoms with Crippen molar-refractivity contribution in [3.05, 3.63) is 35.1 Å². The van der Waals surface area contributed by atoms with Crippen LogP contribution < -0.4 is 9.47 Å². The zero-order valence-electron chi connectivity index (χ0n) is 17.3. The van der Waals surface area contributed by atoms with Crippen LogP contribution in [0.5, 0.6) is 11.5 Å². The van der Waals surface area contributed by atoms with Crippen LogP contribution in [-0.4, -0.2) is 67.0 Å². The minimum atomic E-state index is -0.678. The van der Waals surface area contributed by atoms with Gasteiger partial charge in [0.15, 0.2) is 11.5 Å². The van der Waals surface area contributed by atoms with Gasteiger partial charge in [-0.1, -0.05) is 13.8 Å². The normalized spacial score (nSPS) is 16.9. The molecule has 0 bridgehead atoms. The highest BCUT2D eigenvalue weighted by Gasteiger charge is 2.43. The lowest BCUT2D eigenvalue weighted by molar-refractivity contribution is -0.129. The molecule has 0 radical (unpaired) electrons. The van der Waals surface area contributed by atoms with Crippen molar-refractivity contribution in [1.29, 1.82) is 0 Å². The Hall–Kier alpha value is -2.54. The van der Waals surface area contributed by atoms with Crippen LogP contribution in [0.15, 0.2) is 29.5 Å². The van der Waals surface area contributed by atoms with Gasteiger partial charge in [0, 0.05) is 18.2 Å². The molecular weight excluding hydrogens is 360 g/mol. The van der Waals surface area contributed by atoms with Gasteiger partial charge >= 0.3 is 0 Å². The molecule has 1 N–H and O–H groups in total. The molecule has 1 amide bonds. The molecule has 0 aromatic heterocycles. The first-order chi connectivity index (χ1) is 13.4. The third-order valence-corrected chi connectivity index (χ3v) is 5.19. The Balaban J connectivity index is 2.39. The number of benzene rings is 1. The Bertz CT molecular complexity index is 755. The van der Waals surface area contributed by atoms with Crippen molar-refractivity contribution in [2.45, 2.75) is 33.2 Å². The van der Waals surface area contributed by atoms with Gasteiger partial charge in [-0.05, 0) is 45.1 Å². The summed E-state index contributed by atoms with van der Waals surface area (Å²) in [7, 11) is 3.08. The van der Waals surface area contributed by atoms with Crippen molar-refractivity contribution in [3.8, 4) is 11.5 Å². The van der Waals surface area contributed by atoms with E-state index in [2.05, 4.69) is 18.7 Å². The van der Waals surface area contributed by atoms with Crippen LogP contribution in [0, 0.1) is 0 Å². The zero-order chi connectivity index (χ0) is 20.8. The number of rotatable bonds is 10. The zero-order valence-corrected chi connectivity index (χ0v) is 17.3. The van der Waals surface area contributed by atoms with Gasteiger partial charge in [0.25, 0.3) is 5.91 Å². The van der Waals surface area contributed by atoms with E-state index in [4.69, 9.17) is 9.47 Å². The lowest BCUT2D eigenvalue weighted by Gasteiger charge is -2.29. The topological polar surface area (TPSA) is 79.3 Å². The SMILES string of the molecule is CCN(CC)CCCN1C(=O)C(O)=C(C(C)=O)[C@@H]1c1ccc(OC)cc1OC. The molecule has 1 aliphatic rings. The summed E-state index contributed by atoms with van der Waals surface area (Å²) >= 11 is 0. The van der Waals surface area contributed by atoms with E-state index in [-0.39, 0.29) is 11.4 Å². The molecular formula is C21H30N2O5. The van der Waals surface area contributed by atoms with Crippen LogP contribution in [0.25, 0.3) is 0 Å². The van der Waals surface area contributed by atoms with Crippen LogP contribution in [0.1, 0.15) is 38.8 Å². The number of carbonyl (C=O) groups excluding carboxylic acids is 2. The van der Waals surface area contributed by atoms with Crippen LogP contribution in [-0.2, 0) is 9.59 Å².